The van der Waals surface area contributed by atoms with Crippen molar-refractivity contribution in [2.24, 2.45) is 11.7 Å². The topological polar surface area (TPSA) is 123 Å². The summed E-state index contributed by atoms with van der Waals surface area (Å²) in [6.07, 6.45) is 1.04. The van der Waals surface area contributed by atoms with Crippen LogP contribution in [0.2, 0.25) is 5.02 Å². The zero-order valence-electron chi connectivity index (χ0n) is 16.4. The van der Waals surface area contributed by atoms with Crippen molar-refractivity contribution in [3.63, 3.8) is 0 Å². The number of carbonyl (C=O) groups is 2. The molecule has 1 fully saturated rings. The molecule has 0 spiro atoms. The SMILES string of the molecule is NC(=O)c1oc2ccccc2c1NC(=O)C1CCCN(S(=O)(=O)c2ccc(Cl)cc2)C1. The number of carbonyl (C=O) groups excluding carboxylic acids is 2. The number of primary amides is 1. The second kappa shape index (κ2) is 8.33. The normalized spacial score (nSPS) is 17.5. The van der Waals surface area contributed by atoms with Crippen LogP contribution in [-0.2, 0) is 14.8 Å². The van der Waals surface area contributed by atoms with Crippen molar-refractivity contribution in [3.05, 3.63) is 59.3 Å². The quantitative estimate of drug-likeness (QED) is 0.603. The highest BCUT2D eigenvalue weighted by Crippen LogP contribution is 2.32. The summed E-state index contributed by atoms with van der Waals surface area (Å²) in [7, 11) is -3.76. The number of furan rings is 1. The summed E-state index contributed by atoms with van der Waals surface area (Å²) in [6, 6.07) is 12.8. The highest BCUT2D eigenvalue weighted by atomic mass is 35.5. The summed E-state index contributed by atoms with van der Waals surface area (Å²) >= 11 is 5.85. The molecule has 0 bridgehead atoms. The van der Waals surface area contributed by atoms with Crippen LogP contribution in [-0.4, -0.2) is 37.6 Å². The number of nitrogens with one attached hydrogen (secondary N) is 1. The Hall–Kier alpha value is -2.88. The molecule has 2 amide bonds. The molecule has 31 heavy (non-hydrogen) atoms. The number of hydrogen-bond donors (Lipinski definition) is 2. The van der Waals surface area contributed by atoms with Crippen LogP contribution in [0.1, 0.15) is 23.4 Å². The van der Waals surface area contributed by atoms with E-state index >= 15 is 0 Å². The Bertz CT molecular complexity index is 1250. The minimum Gasteiger partial charge on any atom is -0.449 e. The summed E-state index contributed by atoms with van der Waals surface area (Å²) in [6.45, 7) is 0.342. The van der Waals surface area contributed by atoms with Crippen molar-refractivity contribution in [3.8, 4) is 0 Å². The number of halogens is 1. The van der Waals surface area contributed by atoms with Gasteiger partial charge >= 0.3 is 0 Å². The molecule has 162 valence electrons. The van der Waals surface area contributed by atoms with E-state index in [2.05, 4.69) is 5.32 Å². The highest BCUT2D eigenvalue weighted by Gasteiger charge is 2.34. The van der Waals surface area contributed by atoms with Crippen LogP contribution in [0.3, 0.4) is 0 Å². The molecule has 3 N–H and O–H groups in total. The monoisotopic (exact) mass is 461 g/mol. The van der Waals surface area contributed by atoms with Crippen molar-refractivity contribution >= 4 is 50.1 Å². The predicted molar refractivity (Wildman–Crippen MR) is 116 cm³/mol. The first-order valence-electron chi connectivity index (χ1n) is 9.65. The third-order valence-corrected chi connectivity index (χ3v) is 7.41. The Kier molecular flexibility index (Phi) is 5.74. The second-order valence-corrected chi connectivity index (χ2v) is 9.69. The maximum Gasteiger partial charge on any atom is 0.286 e. The zero-order chi connectivity index (χ0) is 22.2. The van der Waals surface area contributed by atoms with Gasteiger partial charge in [0.25, 0.3) is 5.91 Å². The number of anilines is 1. The van der Waals surface area contributed by atoms with E-state index in [9.17, 15) is 18.0 Å². The van der Waals surface area contributed by atoms with Crippen LogP contribution in [0, 0.1) is 5.92 Å². The van der Waals surface area contributed by atoms with E-state index in [1.165, 1.54) is 28.6 Å². The van der Waals surface area contributed by atoms with Crippen molar-refractivity contribution < 1.29 is 22.4 Å². The van der Waals surface area contributed by atoms with Gasteiger partial charge < -0.3 is 15.5 Å². The Morgan fingerprint density at radius 2 is 1.84 bits per heavy atom. The van der Waals surface area contributed by atoms with Crippen molar-refractivity contribution in [1.29, 1.82) is 0 Å². The molecule has 1 aliphatic heterocycles. The number of piperidine rings is 1. The number of nitrogens with zero attached hydrogens (tertiary/aromatic N) is 1. The summed E-state index contributed by atoms with van der Waals surface area (Å²) in [5.74, 6) is -1.94. The molecule has 0 saturated carbocycles. The lowest BCUT2D eigenvalue weighted by Gasteiger charge is -2.31. The van der Waals surface area contributed by atoms with Crippen molar-refractivity contribution in [2.45, 2.75) is 17.7 Å². The van der Waals surface area contributed by atoms with Crippen molar-refractivity contribution in [1.82, 2.24) is 4.31 Å². The number of hydrogen-bond acceptors (Lipinski definition) is 5. The minimum atomic E-state index is -3.76. The molecular formula is C21H20ClN3O5S. The molecule has 1 aliphatic rings. The first-order chi connectivity index (χ1) is 14.8. The molecule has 0 aliphatic carbocycles. The van der Waals surface area contributed by atoms with Crippen LogP contribution >= 0.6 is 11.6 Å². The van der Waals surface area contributed by atoms with Crippen LogP contribution < -0.4 is 11.1 Å². The second-order valence-electron chi connectivity index (χ2n) is 7.31. The van der Waals surface area contributed by atoms with Gasteiger partial charge in [-0.05, 0) is 49.2 Å². The number of benzene rings is 2. The molecular weight excluding hydrogens is 442 g/mol. The number of para-hydroxylation sites is 1. The third-order valence-electron chi connectivity index (χ3n) is 5.27. The van der Waals surface area contributed by atoms with Crippen LogP contribution in [0.25, 0.3) is 11.0 Å². The van der Waals surface area contributed by atoms with Gasteiger partial charge in [0.15, 0.2) is 0 Å². The van der Waals surface area contributed by atoms with E-state index in [4.69, 9.17) is 21.8 Å². The van der Waals surface area contributed by atoms with Gasteiger partial charge in [0.2, 0.25) is 21.7 Å². The van der Waals surface area contributed by atoms with Gasteiger partial charge in [-0.1, -0.05) is 23.7 Å². The van der Waals surface area contributed by atoms with Gasteiger partial charge in [0.05, 0.1) is 10.8 Å². The van der Waals surface area contributed by atoms with Gasteiger partial charge in [0, 0.05) is 23.5 Å². The summed E-state index contributed by atoms with van der Waals surface area (Å²) < 4.78 is 32.7. The lowest BCUT2D eigenvalue weighted by Crippen LogP contribution is -2.43. The fourth-order valence-electron chi connectivity index (χ4n) is 3.70. The molecule has 1 atom stereocenters. The minimum absolute atomic E-state index is 0.0263. The molecule has 2 heterocycles. The molecule has 0 radical (unpaired) electrons. The van der Waals surface area contributed by atoms with Gasteiger partial charge in [-0.2, -0.15) is 4.31 Å². The van der Waals surface area contributed by atoms with E-state index in [1.54, 1.807) is 24.3 Å². The molecule has 4 rings (SSSR count). The van der Waals surface area contributed by atoms with E-state index in [0.717, 1.165) is 0 Å². The fourth-order valence-corrected chi connectivity index (χ4v) is 5.35. The first kappa shape index (κ1) is 21.4. The molecule has 1 unspecified atom stereocenters. The molecule has 1 saturated heterocycles. The lowest BCUT2D eigenvalue weighted by atomic mass is 9.98. The largest absolute Gasteiger partial charge is 0.449 e. The van der Waals surface area contributed by atoms with E-state index in [1.807, 2.05) is 0 Å². The smallest absolute Gasteiger partial charge is 0.286 e. The number of rotatable bonds is 5. The number of nitrogens with two attached hydrogens (primary N) is 1. The summed E-state index contributed by atoms with van der Waals surface area (Å²) in [5.41, 5.74) is 6.02. The Morgan fingerprint density at radius 1 is 1.13 bits per heavy atom. The van der Waals surface area contributed by atoms with Gasteiger partial charge in [-0.3, -0.25) is 9.59 Å². The van der Waals surface area contributed by atoms with Gasteiger partial charge in [0.1, 0.15) is 11.3 Å². The van der Waals surface area contributed by atoms with E-state index < -0.39 is 27.8 Å². The van der Waals surface area contributed by atoms with Crippen molar-refractivity contribution in [2.75, 3.05) is 18.4 Å². The molecule has 10 heteroatoms. The summed E-state index contributed by atoms with van der Waals surface area (Å²) in [5, 5.41) is 3.72. The molecule has 2 aromatic carbocycles. The fraction of sp³-hybridized carbons (Fsp3) is 0.238. The number of sulfonamides is 1. The van der Waals surface area contributed by atoms with Crippen LogP contribution in [0.4, 0.5) is 5.69 Å². The Morgan fingerprint density at radius 3 is 2.55 bits per heavy atom. The van der Waals surface area contributed by atoms with Gasteiger partial charge in [-0.15, -0.1) is 0 Å². The van der Waals surface area contributed by atoms with Gasteiger partial charge in [-0.25, -0.2) is 8.42 Å². The lowest BCUT2D eigenvalue weighted by molar-refractivity contribution is -0.120. The maximum atomic E-state index is 13.0. The maximum absolute atomic E-state index is 13.0. The van der Waals surface area contributed by atoms with E-state index in [0.29, 0.717) is 35.4 Å². The average molecular weight is 462 g/mol. The Labute approximate surface area is 184 Å². The molecule has 8 nitrogen and oxygen atoms in total. The predicted octanol–water partition coefficient (Wildman–Crippen LogP) is 3.22. The number of fused-ring (bicyclic) bond motifs is 1. The first-order valence-corrected chi connectivity index (χ1v) is 11.5. The third kappa shape index (κ3) is 4.16. The Balaban J connectivity index is 1.56. The average Bonchev–Trinajstić information content (AvgIpc) is 3.13. The summed E-state index contributed by atoms with van der Waals surface area (Å²) in [4.78, 5) is 24.9. The molecule has 1 aromatic heterocycles. The standard InChI is InChI=1S/C21H20ClN3O5S/c22-14-7-9-15(10-8-14)31(28,29)25-11-3-4-13(12-25)21(27)24-18-16-5-1-2-6-17(16)30-19(18)20(23)26/h1-2,5-10,13H,3-4,11-12H2,(H2,23,26)(H,24,27). The van der Waals surface area contributed by atoms with Crippen LogP contribution in [0.15, 0.2) is 57.8 Å². The van der Waals surface area contributed by atoms with Crippen LogP contribution in [0.5, 0.6) is 0 Å². The van der Waals surface area contributed by atoms with E-state index in [-0.39, 0.29) is 22.9 Å². The molecule has 3 aromatic rings. The highest BCUT2D eigenvalue weighted by molar-refractivity contribution is 7.89. The number of amides is 2. The zero-order valence-corrected chi connectivity index (χ0v) is 17.9.